The third kappa shape index (κ3) is 4.59. The first-order valence-corrected chi connectivity index (χ1v) is 15.5. The van der Waals surface area contributed by atoms with E-state index in [1.165, 1.54) is 33.4 Å². The molecule has 8 rings (SSSR count). The maximum Gasteiger partial charge on any atom is 0.0742 e. The van der Waals surface area contributed by atoms with Crippen LogP contribution in [0.25, 0.3) is 11.1 Å². The first-order valence-electron chi connectivity index (χ1n) is 15.5. The second-order valence-electron chi connectivity index (χ2n) is 11.5. The van der Waals surface area contributed by atoms with Crippen molar-refractivity contribution >= 4 is 28.4 Å². The number of benzene rings is 7. The largest absolute Gasteiger partial charge is 0.355 e. The minimum absolute atomic E-state index is 0.536. The number of fused-ring (bicyclic) bond motifs is 2. The molecular weight excluding hydrogens is 544 g/mol. The molecule has 1 aliphatic heterocycles. The fourth-order valence-corrected chi connectivity index (χ4v) is 6.93. The number of anilines is 5. The molecule has 0 saturated heterocycles. The van der Waals surface area contributed by atoms with Crippen molar-refractivity contribution < 1.29 is 0 Å². The van der Waals surface area contributed by atoms with Crippen molar-refractivity contribution in [3.63, 3.8) is 0 Å². The molecule has 7 aromatic carbocycles. The molecular formula is C43H32N2. The molecule has 214 valence electrons. The number of hydrogen-bond donors (Lipinski definition) is 1. The molecule has 0 saturated carbocycles. The van der Waals surface area contributed by atoms with Crippen LogP contribution in [-0.4, -0.2) is 0 Å². The second-order valence-corrected chi connectivity index (χ2v) is 11.5. The van der Waals surface area contributed by atoms with Crippen LogP contribution >= 0.6 is 0 Å². The SMILES string of the molecule is c1ccc(-c2ccc3c(c2)C(c2ccccc2)(c2ccccc2)c2ccc(N(c4ccccc4)c4ccccc4)cc2N3)cc1. The lowest BCUT2D eigenvalue weighted by atomic mass is 9.62. The lowest BCUT2D eigenvalue weighted by Crippen LogP contribution is -2.35. The summed E-state index contributed by atoms with van der Waals surface area (Å²) in [6.07, 6.45) is 0. The summed E-state index contributed by atoms with van der Waals surface area (Å²) < 4.78 is 0. The predicted molar refractivity (Wildman–Crippen MR) is 188 cm³/mol. The fourth-order valence-electron chi connectivity index (χ4n) is 6.93. The van der Waals surface area contributed by atoms with Crippen LogP contribution in [0.15, 0.2) is 188 Å². The van der Waals surface area contributed by atoms with Crippen molar-refractivity contribution in [2.45, 2.75) is 5.41 Å². The summed E-state index contributed by atoms with van der Waals surface area (Å²) >= 11 is 0. The standard InChI is InChI=1S/C43H32N2/c1-6-16-32(17-7-1)33-26-29-41-40(30-33)43(34-18-8-2-9-19-34,35-20-10-3-11-21-35)39-28-27-38(31-42(39)44-41)45(36-22-12-4-13-23-36)37-24-14-5-15-25-37/h1-31,44H. The van der Waals surface area contributed by atoms with Gasteiger partial charge in [0.15, 0.2) is 0 Å². The van der Waals surface area contributed by atoms with Crippen molar-refractivity contribution in [1.29, 1.82) is 0 Å². The van der Waals surface area contributed by atoms with E-state index in [4.69, 9.17) is 0 Å². The van der Waals surface area contributed by atoms with Gasteiger partial charge in [0.25, 0.3) is 0 Å². The van der Waals surface area contributed by atoms with E-state index in [1.54, 1.807) is 0 Å². The molecule has 0 unspecified atom stereocenters. The van der Waals surface area contributed by atoms with Gasteiger partial charge >= 0.3 is 0 Å². The van der Waals surface area contributed by atoms with Crippen LogP contribution in [0, 0.1) is 0 Å². The maximum absolute atomic E-state index is 3.88. The summed E-state index contributed by atoms with van der Waals surface area (Å²) in [4.78, 5) is 2.32. The number of hydrogen-bond acceptors (Lipinski definition) is 2. The number of rotatable bonds is 6. The highest BCUT2D eigenvalue weighted by molar-refractivity contribution is 5.87. The molecule has 0 spiro atoms. The van der Waals surface area contributed by atoms with E-state index in [2.05, 4.69) is 198 Å². The Bertz CT molecular complexity index is 1980. The summed E-state index contributed by atoms with van der Waals surface area (Å²) in [5, 5.41) is 3.88. The molecule has 7 aromatic rings. The van der Waals surface area contributed by atoms with Crippen molar-refractivity contribution in [1.82, 2.24) is 0 Å². The molecule has 0 atom stereocenters. The van der Waals surface area contributed by atoms with E-state index >= 15 is 0 Å². The molecule has 0 radical (unpaired) electrons. The summed E-state index contributed by atoms with van der Waals surface area (Å²) in [5.74, 6) is 0. The molecule has 45 heavy (non-hydrogen) atoms. The quantitative estimate of drug-likeness (QED) is 0.212. The van der Waals surface area contributed by atoms with Gasteiger partial charge in [-0.05, 0) is 81.9 Å². The highest BCUT2D eigenvalue weighted by Crippen LogP contribution is 2.55. The molecule has 0 bridgehead atoms. The third-order valence-corrected chi connectivity index (χ3v) is 8.91. The zero-order valence-electron chi connectivity index (χ0n) is 24.8. The minimum atomic E-state index is -0.536. The van der Waals surface area contributed by atoms with Crippen molar-refractivity contribution in [2.24, 2.45) is 0 Å². The van der Waals surface area contributed by atoms with E-state index in [1.807, 2.05) is 0 Å². The molecule has 1 N–H and O–H groups in total. The Morgan fingerprint density at radius 1 is 0.356 bits per heavy atom. The zero-order chi connectivity index (χ0) is 30.1. The van der Waals surface area contributed by atoms with Crippen LogP contribution < -0.4 is 10.2 Å². The van der Waals surface area contributed by atoms with Gasteiger partial charge in [-0.2, -0.15) is 0 Å². The van der Waals surface area contributed by atoms with Crippen LogP contribution in [0.1, 0.15) is 22.3 Å². The van der Waals surface area contributed by atoms with E-state index in [0.717, 1.165) is 28.4 Å². The Morgan fingerprint density at radius 2 is 0.867 bits per heavy atom. The summed E-state index contributed by atoms with van der Waals surface area (Å²) in [6.45, 7) is 0. The van der Waals surface area contributed by atoms with Crippen LogP contribution in [0.4, 0.5) is 28.4 Å². The Hall–Kier alpha value is -5.86. The molecule has 0 amide bonds. The Labute approximate surface area is 264 Å². The average Bonchev–Trinajstić information content (AvgIpc) is 3.12. The molecule has 0 aromatic heterocycles. The Balaban J connectivity index is 1.40. The third-order valence-electron chi connectivity index (χ3n) is 8.91. The van der Waals surface area contributed by atoms with Gasteiger partial charge in [0, 0.05) is 28.4 Å². The van der Waals surface area contributed by atoms with Crippen LogP contribution in [0.3, 0.4) is 0 Å². The normalized spacial score (nSPS) is 12.8. The zero-order valence-corrected chi connectivity index (χ0v) is 24.8. The van der Waals surface area contributed by atoms with Gasteiger partial charge in [0.1, 0.15) is 0 Å². The van der Waals surface area contributed by atoms with E-state index < -0.39 is 5.41 Å². The maximum atomic E-state index is 3.88. The first-order chi connectivity index (χ1) is 22.3. The number of nitrogens with zero attached hydrogens (tertiary/aromatic N) is 1. The van der Waals surface area contributed by atoms with Gasteiger partial charge in [0.2, 0.25) is 0 Å². The van der Waals surface area contributed by atoms with Crippen molar-refractivity contribution in [2.75, 3.05) is 10.2 Å². The van der Waals surface area contributed by atoms with Gasteiger partial charge in [0.05, 0.1) is 5.41 Å². The molecule has 0 aliphatic carbocycles. The van der Waals surface area contributed by atoms with Gasteiger partial charge in [-0.3, -0.25) is 0 Å². The second kappa shape index (κ2) is 11.3. The van der Waals surface area contributed by atoms with Gasteiger partial charge in [-0.25, -0.2) is 0 Å². The Kier molecular flexibility index (Phi) is 6.73. The highest BCUT2D eigenvalue weighted by Gasteiger charge is 2.44. The van der Waals surface area contributed by atoms with E-state index in [-0.39, 0.29) is 0 Å². The van der Waals surface area contributed by atoms with Crippen molar-refractivity contribution in [3.8, 4) is 11.1 Å². The van der Waals surface area contributed by atoms with E-state index in [9.17, 15) is 0 Å². The lowest BCUT2D eigenvalue weighted by molar-refractivity contribution is 0.741. The minimum Gasteiger partial charge on any atom is -0.355 e. The predicted octanol–water partition coefficient (Wildman–Crippen LogP) is 11.3. The number of nitrogens with one attached hydrogen (secondary N) is 1. The molecule has 2 nitrogen and oxygen atoms in total. The van der Waals surface area contributed by atoms with Crippen molar-refractivity contribution in [3.05, 3.63) is 210 Å². The Morgan fingerprint density at radius 3 is 1.42 bits per heavy atom. The summed E-state index contributed by atoms with van der Waals surface area (Å²) in [5.41, 5.74) is 12.3. The topological polar surface area (TPSA) is 15.3 Å². The number of para-hydroxylation sites is 2. The van der Waals surface area contributed by atoms with E-state index in [0.29, 0.717) is 0 Å². The summed E-state index contributed by atoms with van der Waals surface area (Å²) in [7, 11) is 0. The van der Waals surface area contributed by atoms with Gasteiger partial charge in [-0.15, -0.1) is 0 Å². The fraction of sp³-hybridized carbons (Fsp3) is 0.0233. The molecule has 2 heteroatoms. The smallest absolute Gasteiger partial charge is 0.0742 e. The molecule has 0 fully saturated rings. The first kappa shape index (κ1) is 26.7. The molecule has 1 heterocycles. The van der Waals surface area contributed by atoms with Crippen LogP contribution in [0.5, 0.6) is 0 Å². The molecule has 1 aliphatic rings. The van der Waals surface area contributed by atoms with Crippen LogP contribution in [0.2, 0.25) is 0 Å². The van der Waals surface area contributed by atoms with Crippen LogP contribution in [-0.2, 0) is 5.41 Å². The van der Waals surface area contributed by atoms with Gasteiger partial charge in [-0.1, -0.05) is 140 Å². The van der Waals surface area contributed by atoms with Gasteiger partial charge < -0.3 is 10.2 Å². The summed E-state index contributed by atoms with van der Waals surface area (Å²) in [6, 6.07) is 67.5. The monoisotopic (exact) mass is 576 g/mol. The highest BCUT2D eigenvalue weighted by atomic mass is 15.1. The average molecular weight is 577 g/mol. The lowest BCUT2D eigenvalue weighted by Gasteiger charge is -2.43.